The second-order valence-corrected chi connectivity index (χ2v) is 4.82. The first-order chi connectivity index (χ1) is 11.5. The molecule has 0 aromatic heterocycles. The number of hydrogen-bond donors (Lipinski definition) is 2. The Kier molecular flexibility index (Phi) is 5.35. The second kappa shape index (κ2) is 7.63. The molecule has 2 aromatic rings. The smallest absolute Gasteiger partial charge is 0.317 e. The molecule has 2 aromatic carbocycles. The predicted octanol–water partition coefficient (Wildman–Crippen LogP) is 1.99. The number of hydrazone groups is 1. The SMILES string of the molecule is Cc1ccccc1NC(=O)C(=O)N/N=C\c1cccc([N+](=O)[O-])c1. The lowest BCUT2D eigenvalue weighted by atomic mass is 10.2. The van der Waals surface area contributed by atoms with Crippen LogP contribution in [-0.4, -0.2) is 23.0 Å². The van der Waals surface area contributed by atoms with Crippen LogP contribution in [0.3, 0.4) is 0 Å². The standard InChI is InChI=1S/C16H14N4O4/c1-11-5-2-3-8-14(11)18-15(21)16(22)19-17-10-12-6-4-7-13(9-12)20(23)24/h2-10H,1H3,(H,18,21)(H,19,22)/b17-10-. The third kappa shape index (κ3) is 4.47. The Morgan fingerprint density at radius 1 is 1.12 bits per heavy atom. The maximum absolute atomic E-state index is 11.8. The van der Waals surface area contributed by atoms with Gasteiger partial charge in [0.05, 0.1) is 11.1 Å². The number of carbonyl (C=O) groups excluding carboxylic acids is 2. The Hall–Kier alpha value is -3.55. The van der Waals surface area contributed by atoms with Gasteiger partial charge in [0, 0.05) is 23.4 Å². The molecule has 8 nitrogen and oxygen atoms in total. The molecule has 0 atom stereocenters. The van der Waals surface area contributed by atoms with Gasteiger partial charge in [-0.15, -0.1) is 0 Å². The minimum absolute atomic E-state index is 0.0948. The molecule has 2 amide bonds. The summed E-state index contributed by atoms with van der Waals surface area (Å²) < 4.78 is 0. The summed E-state index contributed by atoms with van der Waals surface area (Å²) >= 11 is 0. The van der Waals surface area contributed by atoms with Gasteiger partial charge in [0.2, 0.25) is 0 Å². The number of anilines is 1. The Morgan fingerprint density at radius 2 is 1.88 bits per heavy atom. The summed E-state index contributed by atoms with van der Waals surface area (Å²) in [6, 6.07) is 12.7. The van der Waals surface area contributed by atoms with Crippen molar-refractivity contribution in [1.29, 1.82) is 0 Å². The van der Waals surface area contributed by atoms with Crippen molar-refractivity contribution >= 4 is 29.4 Å². The summed E-state index contributed by atoms with van der Waals surface area (Å²) in [7, 11) is 0. The van der Waals surface area contributed by atoms with E-state index in [-0.39, 0.29) is 5.69 Å². The van der Waals surface area contributed by atoms with Gasteiger partial charge in [-0.05, 0) is 18.6 Å². The van der Waals surface area contributed by atoms with Crippen molar-refractivity contribution in [2.45, 2.75) is 6.92 Å². The van der Waals surface area contributed by atoms with Crippen molar-refractivity contribution in [2.24, 2.45) is 5.10 Å². The summed E-state index contributed by atoms with van der Waals surface area (Å²) in [5.74, 6) is -1.81. The number of nitro benzene ring substituents is 1. The summed E-state index contributed by atoms with van der Waals surface area (Å²) in [5.41, 5.74) is 3.74. The molecular formula is C16H14N4O4. The van der Waals surface area contributed by atoms with Crippen molar-refractivity contribution < 1.29 is 14.5 Å². The number of benzene rings is 2. The van der Waals surface area contributed by atoms with Crippen LogP contribution in [0, 0.1) is 17.0 Å². The van der Waals surface area contributed by atoms with Crippen molar-refractivity contribution in [2.75, 3.05) is 5.32 Å². The van der Waals surface area contributed by atoms with Crippen molar-refractivity contribution in [3.05, 3.63) is 69.8 Å². The first-order valence-electron chi connectivity index (χ1n) is 6.92. The minimum Gasteiger partial charge on any atom is -0.317 e. The molecule has 122 valence electrons. The maximum atomic E-state index is 11.8. The Labute approximate surface area is 137 Å². The molecule has 0 fully saturated rings. The van der Waals surface area contributed by atoms with Crippen LogP contribution in [0.1, 0.15) is 11.1 Å². The Morgan fingerprint density at radius 3 is 2.58 bits per heavy atom. The van der Waals surface area contributed by atoms with Gasteiger partial charge >= 0.3 is 11.8 Å². The molecule has 0 bridgehead atoms. The van der Waals surface area contributed by atoms with Crippen LogP contribution in [0.5, 0.6) is 0 Å². The Balaban J connectivity index is 1.95. The summed E-state index contributed by atoms with van der Waals surface area (Å²) in [6.07, 6.45) is 1.21. The van der Waals surface area contributed by atoms with E-state index < -0.39 is 16.7 Å². The lowest BCUT2D eigenvalue weighted by molar-refractivity contribution is -0.384. The summed E-state index contributed by atoms with van der Waals surface area (Å²) in [6.45, 7) is 1.80. The van der Waals surface area contributed by atoms with Crippen molar-refractivity contribution in [3.63, 3.8) is 0 Å². The quantitative estimate of drug-likeness (QED) is 0.387. The van der Waals surface area contributed by atoms with E-state index >= 15 is 0 Å². The fourth-order valence-corrected chi connectivity index (χ4v) is 1.83. The lowest BCUT2D eigenvalue weighted by Gasteiger charge is -2.06. The zero-order valence-electron chi connectivity index (χ0n) is 12.7. The number of rotatable bonds is 4. The van der Waals surface area contributed by atoms with Crippen LogP contribution in [0.15, 0.2) is 53.6 Å². The highest BCUT2D eigenvalue weighted by molar-refractivity contribution is 6.39. The number of nitro groups is 1. The van der Waals surface area contributed by atoms with Crippen LogP contribution < -0.4 is 10.7 Å². The van der Waals surface area contributed by atoms with Crippen LogP contribution >= 0.6 is 0 Å². The van der Waals surface area contributed by atoms with Gasteiger partial charge in [0.25, 0.3) is 5.69 Å². The van der Waals surface area contributed by atoms with Crippen molar-refractivity contribution in [1.82, 2.24) is 5.43 Å². The minimum atomic E-state index is -0.945. The number of aryl methyl sites for hydroxylation is 1. The zero-order valence-corrected chi connectivity index (χ0v) is 12.7. The zero-order chi connectivity index (χ0) is 17.5. The van der Waals surface area contributed by atoms with Gasteiger partial charge in [-0.2, -0.15) is 5.10 Å². The molecule has 0 heterocycles. The van der Waals surface area contributed by atoms with Crippen LogP contribution in [0.25, 0.3) is 0 Å². The molecule has 0 aliphatic heterocycles. The molecular weight excluding hydrogens is 312 g/mol. The highest BCUT2D eigenvalue weighted by Gasteiger charge is 2.13. The molecule has 0 aliphatic rings. The second-order valence-electron chi connectivity index (χ2n) is 4.82. The summed E-state index contributed by atoms with van der Waals surface area (Å²) in [4.78, 5) is 33.6. The highest BCUT2D eigenvalue weighted by atomic mass is 16.6. The van der Waals surface area contributed by atoms with Gasteiger partial charge in [-0.1, -0.05) is 30.3 Å². The molecule has 0 radical (unpaired) electrons. The van der Waals surface area contributed by atoms with Crippen LogP contribution in [-0.2, 0) is 9.59 Å². The molecule has 0 spiro atoms. The van der Waals surface area contributed by atoms with E-state index in [1.54, 1.807) is 31.2 Å². The molecule has 0 saturated heterocycles. The largest absolute Gasteiger partial charge is 0.329 e. The van der Waals surface area contributed by atoms with Crippen LogP contribution in [0.4, 0.5) is 11.4 Å². The average molecular weight is 326 g/mol. The van der Waals surface area contributed by atoms with E-state index in [1.165, 1.54) is 24.4 Å². The third-order valence-corrected chi connectivity index (χ3v) is 3.06. The first kappa shape index (κ1) is 16.8. The predicted molar refractivity (Wildman–Crippen MR) is 88.6 cm³/mol. The van der Waals surface area contributed by atoms with Crippen molar-refractivity contribution in [3.8, 4) is 0 Å². The lowest BCUT2D eigenvalue weighted by Crippen LogP contribution is -2.32. The van der Waals surface area contributed by atoms with Gasteiger partial charge in [-0.25, -0.2) is 5.43 Å². The Bertz CT molecular complexity index is 817. The molecule has 0 aliphatic carbocycles. The van der Waals surface area contributed by atoms with E-state index in [9.17, 15) is 19.7 Å². The van der Waals surface area contributed by atoms with Crippen LogP contribution in [0.2, 0.25) is 0 Å². The number of nitrogens with zero attached hydrogens (tertiary/aromatic N) is 2. The fourth-order valence-electron chi connectivity index (χ4n) is 1.83. The fraction of sp³-hybridized carbons (Fsp3) is 0.0625. The molecule has 2 N–H and O–H groups in total. The first-order valence-corrected chi connectivity index (χ1v) is 6.92. The molecule has 0 saturated carbocycles. The normalized spacial score (nSPS) is 10.4. The van der Waals surface area contributed by atoms with E-state index in [0.29, 0.717) is 11.3 Å². The van der Waals surface area contributed by atoms with Gasteiger partial charge in [0.1, 0.15) is 0 Å². The average Bonchev–Trinajstić information content (AvgIpc) is 2.57. The number of amides is 2. The van der Waals surface area contributed by atoms with Gasteiger partial charge in [0.15, 0.2) is 0 Å². The van der Waals surface area contributed by atoms with E-state index in [1.807, 2.05) is 6.07 Å². The van der Waals surface area contributed by atoms with E-state index in [2.05, 4.69) is 15.8 Å². The third-order valence-electron chi connectivity index (χ3n) is 3.06. The number of non-ortho nitro benzene ring substituents is 1. The number of carbonyl (C=O) groups is 2. The number of nitrogens with one attached hydrogen (secondary N) is 2. The van der Waals surface area contributed by atoms with E-state index in [0.717, 1.165) is 5.56 Å². The monoisotopic (exact) mass is 326 g/mol. The summed E-state index contributed by atoms with van der Waals surface area (Å²) in [5, 5.41) is 16.8. The van der Waals surface area contributed by atoms with Gasteiger partial charge < -0.3 is 5.32 Å². The topological polar surface area (TPSA) is 114 Å². The number of hydrogen-bond acceptors (Lipinski definition) is 5. The maximum Gasteiger partial charge on any atom is 0.329 e. The molecule has 8 heteroatoms. The van der Waals surface area contributed by atoms with Gasteiger partial charge in [-0.3, -0.25) is 19.7 Å². The molecule has 24 heavy (non-hydrogen) atoms. The van der Waals surface area contributed by atoms with E-state index in [4.69, 9.17) is 0 Å². The molecule has 2 rings (SSSR count). The number of para-hydroxylation sites is 1. The highest BCUT2D eigenvalue weighted by Crippen LogP contribution is 2.13. The molecule has 0 unspecified atom stereocenters.